The molecule has 0 spiro atoms. The summed E-state index contributed by atoms with van der Waals surface area (Å²) in [6, 6.07) is 9.45. The molecule has 4 aliphatic rings. The predicted octanol–water partition coefficient (Wildman–Crippen LogP) is 9.17. The summed E-state index contributed by atoms with van der Waals surface area (Å²) in [4.78, 5) is 12.7. The maximum absolute atomic E-state index is 12.7. The Hall–Kier alpha value is -1.83. The number of hydrogen-bond acceptors (Lipinski definition) is 2. The molecule has 7 atom stereocenters. The van der Waals surface area contributed by atoms with Crippen molar-refractivity contribution >= 4 is 5.97 Å². The fourth-order valence-electron chi connectivity index (χ4n) is 8.89. The minimum Gasteiger partial charge on any atom is -0.458 e. The minimum atomic E-state index is -0.176. The van der Waals surface area contributed by atoms with Crippen LogP contribution >= 0.6 is 0 Å². The Labute approximate surface area is 220 Å². The van der Waals surface area contributed by atoms with Gasteiger partial charge in [-0.1, -0.05) is 95.4 Å². The molecule has 0 bridgehead atoms. The molecule has 0 saturated heterocycles. The van der Waals surface area contributed by atoms with Crippen LogP contribution in [0.4, 0.5) is 0 Å². The fraction of sp³-hybridized carbons (Fsp3) is 0.676. The second kappa shape index (κ2) is 10.1. The topological polar surface area (TPSA) is 26.3 Å². The van der Waals surface area contributed by atoms with Crippen LogP contribution in [0, 0.1) is 40.4 Å². The van der Waals surface area contributed by atoms with Gasteiger partial charge in [0.05, 0.1) is 5.56 Å². The molecular formula is C34H48O2. The summed E-state index contributed by atoms with van der Waals surface area (Å²) in [7, 11) is 0. The van der Waals surface area contributed by atoms with E-state index in [1.54, 1.807) is 5.57 Å². The van der Waals surface area contributed by atoms with E-state index in [9.17, 15) is 4.79 Å². The standard InChI is InChI=1S/C34H48O2/c1-23(2)10-9-11-24(3)29-16-17-30-28-15-14-26-22-27(36-32(35)25-12-7-6-8-13-25)18-20-33(26,4)31(28)19-21-34(29,30)5/h6-8,12-15,23-24,27,29-31H,9-11,16-22H2,1-5H3/t24?,27?,29?,30?,31?,33-,34+/m0/s1. The summed E-state index contributed by atoms with van der Waals surface area (Å²) in [6.07, 6.45) is 17.7. The monoisotopic (exact) mass is 488 g/mol. The molecule has 1 aromatic carbocycles. The molecule has 0 amide bonds. The van der Waals surface area contributed by atoms with Crippen molar-refractivity contribution in [2.24, 2.45) is 40.4 Å². The number of carbonyl (C=O) groups is 1. The number of carbonyl (C=O) groups excluding carboxylic acids is 1. The molecule has 0 heterocycles. The highest BCUT2D eigenvalue weighted by Gasteiger charge is 2.57. The summed E-state index contributed by atoms with van der Waals surface area (Å²) in [5.74, 6) is 3.81. The highest BCUT2D eigenvalue weighted by Crippen LogP contribution is 2.66. The third-order valence-corrected chi connectivity index (χ3v) is 11.0. The van der Waals surface area contributed by atoms with Gasteiger partial charge in [0.15, 0.2) is 0 Å². The van der Waals surface area contributed by atoms with Crippen molar-refractivity contribution < 1.29 is 9.53 Å². The SMILES string of the molecule is CC(C)CCCC(C)C1CCC2C3=CC=C4CC(OC(=O)c5ccccc5)CC[C@]4(C)C3CC[C@@]21C. The van der Waals surface area contributed by atoms with Crippen LogP contribution in [0.5, 0.6) is 0 Å². The molecule has 3 saturated carbocycles. The van der Waals surface area contributed by atoms with E-state index in [-0.39, 0.29) is 17.5 Å². The molecule has 196 valence electrons. The van der Waals surface area contributed by atoms with Gasteiger partial charge in [-0.25, -0.2) is 4.79 Å². The average Bonchev–Trinajstić information content (AvgIpc) is 3.22. The molecule has 36 heavy (non-hydrogen) atoms. The van der Waals surface area contributed by atoms with E-state index in [2.05, 4.69) is 46.8 Å². The van der Waals surface area contributed by atoms with E-state index in [1.165, 1.54) is 50.5 Å². The van der Waals surface area contributed by atoms with Crippen LogP contribution < -0.4 is 0 Å². The third-order valence-electron chi connectivity index (χ3n) is 11.0. The Morgan fingerprint density at radius 2 is 1.72 bits per heavy atom. The smallest absolute Gasteiger partial charge is 0.338 e. The lowest BCUT2D eigenvalue weighted by Gasteiger charge is -2.55. The van der Waals surface area contributed by atoms with Gasteiger partial charge in [-0.3, -0.25) is 0 Å². The molecule has 2 nitrogen and oxygen atoms in total. The van der Waals surface area contributed by atoms with Gasteiger partial charge in [-0.15, -0.1) is 0 Å². The largest absolute Gasteiger partial charge is 0.458 e. The third kappa shape index (κ3) is 4.63. The first-order chi connectivity index (χ1) is 17.2. The first-order valence-corrected chi connectivity index (χ1v) is 14.9. The Morgan fingerprint density at radius 3 is 2.47 bits per heavy atom. The molecule has 5 rings (SSSR count). The molecular weight excluding hydrogens is 440 g/mol. The Bertz CT molecular complexity index is 1000. The predicted molar refractivity (Wildman–Crippen MR) is 149 cm³/mol. The van der Waals surface area contributed by atoms with Crippen LogP contribution in [0.25, 0.3) is 0 Å². The zero-order valence-corrected chi connectivity index (χ0v) is 23.4. The maximum Gasteiger partial charge on any atom is 0.338 e. The molecule has 3 fully saturated rings. The second-order valence-corrected chi connectivity index (χ2v) is 13.5. The number of esters is 1. The minimum absolute atomic E-state index is 0.00314. The number of hydrogen-bond donors (Lipinski definition) is 0. The van der Waals surface area contributed by atoms with Gasteiger partial charge in [0, 0.05) is 6.42 Å². The zero-order valence-electron chi connectivity index (χ0n) is 23.4. The highest BCUT2D eigenvalue weighted by molar-refractivity contribution is 5.89. The van der Waals surface area contributed by atoms with E-state index < -0.39 is 0 Å². The van der Waals surface area contributed by atoms with E-state index in [0.29, 0.717) is 16.9 Å². The molecule has 4 aliphatic carbocycles. The van der Waals surface area contributed by atoms with Gasteiger partial charge >= 0.3 is 5.97 Å². The number of fused-ring (bicyclic) bond motifs is 5. The molecule has 0 aromatic heterocycles. The van der Waals surface area contributed by atoms with E-state index in [1.807, 2.05) is 30.3 Å². The number of rotatable bonds is 7. The summed E-state index contributed by atoms with van der Waals surface area (Å²) in [6.45, 7) is 12.4. The lowest BCUT2D eigenvalue weighted by molar-refractivity contribution is 0.00572. The molecule has 0 aliphatic heterocycles. The van der Waals surface area contributed by atoms with Crippen LogP contribution in [-0.2, 0) is 4.74 Å². The molecule has 5 unspecified atom stereocenters. The Morgan fingerprint density at radius 1 is 0.944 bits per heavy atom. The van der Waals surface area contributed by atoms with E-state index in [0.717, 1.165) is 42.9 Å². The number of ether oxygens (including phenoxy) is 1. The van der Waals surface area contributed by atoms with Gasteiger partial charge in [-0.2, -0.15) is 0 Å². The van der Waals surface area contributed by atoms with Crippen molar-refractivity contribution in [1.29, 1.82) is 0 Å². The lowest BCUT2D eigenvalue weighted by Crippen LogP contribution is -2.46. The van der Waals surface area contributed by atoms with Crippen LogP contribution in [0.3, 0.4) is 0 Å². The molecule has 0 radical (unpaired) electrons. The van der Waals surface area contributed by atoms with Crippen LogP contribution in [0.15, 0.2) is 53.6 Å². The zero-order chi connectivity index (χ0) is 25.5. The Kier molecular flexibility index (Phi) is 7.27. The summed E-state index contributed by atoms with van der Waals surface area (Å²) >= 11 is 0. The number of benzene rings is 1. The van der Waals surface area contributed by atoms with Crippen LogP contribution in [0.2, 0.25) is 0 Å². The molecule has 1 aromatic rings. The van der Waals surface area contributed by atoms with E-state index >= 15 is 0 Å². The fourth-order valence-corrected chi connectivity index (χ4v) is 8.89. The molecule has 2 heteroatoms. The van der Waals surface area contributed by atoms with Gasteiger partial charge < -0.3 is 4.74 Å². The summed E-state index contributed by atoms with van der Waals surface area (Å²) in [5, 5.41) is 0. The van der Waals surface area contributed by atoms with Crippen molar-refractivity contribution in [2.75, 3.05) is 0 Å². The first-order valence-electron chi connectivity index (χ1n) is 14.9. The van der Waals surface area contributed by atoms with Crippen molar-refractivity contribution in [3.05, 3.63) is 59.2 Å². The van der Waals surface area contributed by atoms with Crippen molar-refractivity contribution in [1.82, 2.24) is 0 Å². The second-order valence-electron chi connectivity index (χ2n) is 13.5. The van der Waals surface area contributed by atoms with Crippen molar-refractivity contribution in [3.63, 3.8) is 0 Å². The average molecular weight is 489 g/mol. The van der Waals surface area contributed by atoms with Crippen molar-refractivity contribution in [3.8, 4) is 0 Å². The highest BCUT2D eigenvalue weighted by atomic mass is 16.5. The van der Waals surface area contributed by atoms with E-state index in [4.69, 9.17) is 4.74 Å². The van der Waals surface area contributed by atoms with Gasteiger partial charge in [0.2, 0.25) is 0 Å². The summed E-state index contributed by atoms with van der Waals surface area (Å²) in [5.41, 5.74) is 4.66. The van der Waals surface area contributed by atoms with Crippen LogP contribution in [-0.4, -0.2) is 12.1 Å². The quantitative estimate of drug-likeness (QED) is 0.358. The normalized spacial score (nSPS) is 36.3. The van der Waals surface area contributed by atoms with Gasteiger partial charge in [0.1, 0.15) is 6.10 Å². The lowest BCUT2D eigenvalue weighted by atomic mass is 9.50. The van der Waals surface area contributed by atoms with Crippen LogP contribution in [0.1, 0.15) is 109 Å². The Balaban J connectivity index is 1.29. The summed E-state index contributed by atoms with van der Waals surface area (Å²) < 4.78 is 5.98. The maximum atomic E-state index is 12.7. The number of allylic oxidation sites excluding steroid dienone is 3. The van der Waals surface area contributed by atoms with Gasteiger partial charge in [0.25, 0.3) is 0 Å². The first kappa shape index (κ1) is 25.8. The van der Waals surface area contributed by atoms with Crippen molar-refractivity contribution in [2.45, 2.75) is 105 Å². The molecule has 0 N–H and O–H groups in total. The van der Waals surface area contributed by atoms with Gasteiger partial charge in [-0.05, 0) is 91.1 Å².